The van der Waals surface area contributed by atoms with Crippen molar-refractivity contribution in [3.8, 4) is 11.5 Å². The van der Waals surface area contributed by atoms with Crippen LogP contribution in [0.2, 0.25) is 0 Å². The van der Waals surface area contributed by atoms with E-state index in [1.165, 1.54) is 0 Å². The summed E-state index contributed by atoms with van der Waals surface area (Å²) in [5.41, 5.74) is 3.08. The lowest BCUT2D eigenvalue weighted by atomic mass is 10.0. The minimum Gasteiger partial charge on any atom is -0.497 e. The molecule has 0 radical (unpaired) electrons. The second-order valence-corrected chi connectivity index (χ2v) is 6.78. The van der Waals surface area contributed by atoms with Gasteiger partial charge in [-0.15, -0.1) is 0 Å². The Balaban J connectivity index is 1.73. The highest BCUT2D eigenvalue weighted by Gasteiger charge is 2.25. The molecule has 1 aliphatic heterocycles. The molecule has 1 aliphatic rings. The van der Waals surface area contributed by atoms with Crippen molar-refractivity contribution in [1.29, 1.82) is 0 Å². The average Bonchev–Trinajstić information content (AvgIpc) is 3.20. The van der Waals surface area contributed by atoms with Crippen LogP contribution in [0.1, 0.15) is 29.4 Å². The molecular weight excluding hydrogens is 368 g/mol. The number of ether oxygens (including phenoxy) is 2. The molecule has 2 heterocycles. The van der Waals surface area contributed by atoms with Crippen LogP contribution in [0.3, 0.4) is 0 Å². The largest absolute Gasteiger partial charge is 0.497 e. The molecule has 29 heavy (non-hydrogen) atoms. The molecule has 1 atom stereocenters. The first-order chi connectivity index (χ1) is 14.2. The number of rotatable bonds is 7. The number of nitrogens with one attached hydrogen (secondary N) is 1. The molecule has 1 unspecified atom stereocenters. The molecule has 0 amide bonds. The normalized spacial score (nSPS) is 15.3. The molecule has 0 aliphatic carbocycles. The monoisotopic (exact) mass is 392 g/mol. The Bertz CT molecular complexity index is 994. The van der Waals surface area contributed by atoms with Gasteiger partial charge in [0.1, 0.15) is 17.5 Å². The number of allylic oxidation sites excluding steroid dienone is 1. The molecule has 2 N–H and O–H groups in total. The number of aromatic nitrogens is 3. The third-order valence-corrected chi connectivity index (χ3v) is 4.93. The molecule has 3 aromatic rings. The summed E-state index contributed by atoms with van der Waals surface area (Å²) in [4.78, 5) is 4.65. The van der Waals surface area contributed by atoms with Crippen LogP contribution >= 0.6 is 0 Å². The molecule has 150 valence electrons. The summed E-state index contributed by atoms with van der Waals surface area (Å²) in [5, 5.41) is 17.2. The predicted molar refractivity (Wildman–Crippen MR) is 111 cm³/mol. The van der Waals surface area contributed by atoms with Crippen LogP contribution in [0.15, 0.2) is 54.6 Å². The average molecular weight is 392 g/mol. The molecule has 0 saturated carbocycles. The number of hydrogen-bond donors (Lipinski definition) is 2. The van der Waals surface area contributed by atoms with Crippen molar-refractivity contribution < 1.29 is 14.6 Å². The number of anilines is 1. The number of aliphatic hydroxyl groups excluding tert-OH is 1. The standard InChI is InChI=1S/C22H24N4O3/c1-28-17-9-5-15(6-10-17)19-14-20(16-7-11-18(29-2)12-8-16)26-22(23-19)24-21(25-26)4-3-13-27/h5-12,14,20,27H,3-4,13H2,1-2H3,(H,23,24,25). The molecule has 2 aromatic carbocycles. The summed E-state index contributed by atoms with van der Waals surface area (Å²) < 4.78 is 12.4. The van der Waals surface area contributed by atoms with E-state index < -0.39 is 0 Å². The Labute approximate surface area is 169 Å². The zero-order chi connectivity index (χ0) is 20.2. The van der Waals surface area contributed by atoms with Crippen LogP contribution in [0.4, 0.5) is 5.95 Å². The first-order valence-electron chi connectivity index (χ1n) is 9.55. The number of nitrogens with zero attached hydrogens (tertiary/aromatic N) is 3. The Kier molecular flexibility index (Phi) is 5.48. The topological polar surface area (TPSA) is 81.4 Å². The Morgan fingerprint density at radius 3 is 2.28 bits per heavy atom. The van der Waals surface area contributed by atoms with Crippen molar-refractivity contribution >= 4 is 11.6 Å². The predicted octanol–water partition coefficient (Wildman–Crippen LogP) is 3.28. The van der Waals surface area contributed by atoms with Crippen molar-refractivity contribution in [2.75, 3.05) is 26.1 Å². The highest BCUT2D eigenvalue weighted by Crippen LogP contribution is 2.33. The molecule has 0 spiro atoms. The smallest absolute Gasteiger partial charge is 0.226 e. The van der Waals surface area contributed by atoms with E-state index in [0.717, 1.165) is 28.3 Å². The summed E-state index contributed by atoms with van der Waals surface area (Å²) in [6, 6.07) is 15.8. The number of hydrogen-bond acceptors (Lipinski definition) is 6. The molecular formula is C22H24N4O3. The van der Waals surface area contributed by atoms with E-state index in [1.807, 2.05) is 53.2 Å². The zero-order valence-electron chi connectivity index (χ0n) is 16.5. The highest BCUT2D eigenvalue weighted by molar-refractivity contribution is 5.77. The molecule has 4 rings (SSSR count). The van der Waals surface area contributed by atoms with E-state index in [2.05, 4.69) is 21.5 Å². The fraction of sp³-hybridized carbons (Fsp3) is 0.273. The molecule has 0 saturated heterocycles. The van der Waals surface area contributed by atoms with Gasteiger partial charge in [0.05, 0.1) is 14.2 Å². The van der Waals surface area contributed by atoms with Gasteiger partial charge in [-0.3, -0.25) is 0 Å². The van der Waals surface area contributed by atoms with Crippen LogP contribution < -0.4 is 14.8 Å². The van der Waals surface area contributed by atoms with Crippen molar-refractivity contribution in [2.24, 2.45) is 0 Å². The summed E-state index contributed by atoms with van der Waals surface area (Å²) in [6.45, 7) is 0.120. The summed E-state index contributed by atoms with van der Waals surface area (Å²) >= 11 is 0. The number of benzene rings is 2. The van der Waals surface area contributed by atoms with E-state index in [1.54, 1.807) is 14.2 Å². The summed E-state index contributed by atoms with van der Waals surface area (Å²) in [6.07, 6.45) is 3.40. The second-order valence-electron chi connectivity index (χ2n) is 6.78. The van der Waals surface area contributed by atoms with Crippen LogP contribution in [-0.2, 0) is 6.42 Å². The maximum absolute atomic E-state index is 9.13. The lowest BCUT2D eigenvalue weighted by molar-refractivity contribution is 0.287. The maximum atomic E-state index is 9.13. The number of aryl methyl sites for hydroxylation is 1. The second kappa shape index (κ2) is 8.36. The van der Waals surface area contributed by atoms with Gasteiger partial charge in [0, 0.05) is 18.7 Å². The van der Waals surface area contributed by atoms with E-state index in [-0.39, 0.29) is 12.6 Å². The Hall–Kier alpha value is -3.32. The SMILES string of the molecule is COc1ccc(C2=CC(c3ccc(OC)cc3)n3nc(CCCO)nc3N2)cc1. The van der Waals surface area contributed by atoms with Gasteiger partial charge in [-0.2, -0.15) is 10.1 Å². The fourth-order valence-corrected chi connectivity index (χ4v) is 3.36. The third-order valence-electron chi connectivity index (χ3n) is 4.93. The van der Waals surface area contributed by atoms with Crippen molar-refractivity contribution in [3.05, 3.63) is 71.6 Å². The van der Waals surface area contributed by atoms with E-state index in [9.17, 15) is 0 Å². The molecule has 7 nitrogen and oxygen atoms in total. The Morgan fingerprint density at radius 2 is 1.66 bits per heavy atom. The van der Waals surface area contributed by atoms with Gasteiger partial charge in [-0.05, 0) is 60.0 Å². The quantitative estimate of drug-likeness (QED) is 0.642. The van der Waals surface area contributed by atoms with Crippen molar-refractivity contribution in [3.63, 3.8) is 0 Å². The van der Waals surface area contributed by atoms with Crippen LogP contribution in [0.25, 0.3) is 5.70 Å². The molecule has 1 aromatic heterocycles. The van der Waals surface area contributed by atoms with E-state index in [4.69, 9.17) is 14.6 Å². The summed E-state index contributed by atoms with van der Waals surface area (Å²) in [5.74, 6) is 3.02. The van der Waals surface area contributed by atoms with Gasteiger partial charge < -0.3 is 19.9 Å². The first-order valence-corrected chi connectivity index (χ1v) is 9.55. The summed E-state index contributed by atoms with van der Waals surface area (Å²) in [7, 11) is 3.31. The molecule has 0 bridgehead atoms. The minimum atomic E-state index is -0.107. The van der Waals surface area contributed by atoms with Gasteiger partial charge in [-0.1, -0.05) is 12.1 Å². The Morgan fingerprint density at radius 1 is 1.00 bits per heavy atom. The fourth-order valence-electron chi connectivity index (χ4n) is 3.36. The zero-order valence-corrected chi connectivity index (χ0v) is 16.5. The van der Waals surface area contributed by atoms with Gasteiger partial charge in [0.25, 0.3) is 0 Å². The minimum absolute atomic E-state index is 0.107. The van der Waals surface area contributed by atoms with Crippen LogP contribution in [-0.4, -0.2) is 40.7 Å². The van der Waals surface area contributed by atoms with Crippen molar-refractivity contribution in [1.82, 2.24) is 14.8 Å². The van der Waals surface area contributed by atoms with Gasteiger partial charge in [0.2, 0.25) is 5.95 Å². The van der Waals surface area contributed by atoms with E-state index >= 15 is 0 Å². The van der Waals surface area contributed by atoms with Gasteiger partial charge >= 0.3 is 0 Å². The van der Waals surface area contributed by atoms with Crippen molar-refractivity contribution in [2.45, 2.75) is 18.9 Å². The highest BCUT2D eigenvalue weighted by atomic mass is 16.5. The number of fused-ring (bicyclic) bond motifs is 1. The lowest BCUT2D eigenvalue weighted by Crippen LogP contribution is -2.20. The molecule has 0 fully saturated rings. The number of aliphatic hydroxyl groups is 1. The van der Waals surface area contributed by atoms with Gasteiger partial charge in [0.15, 0.2) is 5.82 Å². The lowest BCUT2D eigenvalue weighted by Gasteiger charge is -2.24. The van der Waals surface area contributed by atoms with Gasteiger partial charge in [-0.25, -0.2) is 4.68 Å². The van der Waals surface area contributed by atoms with Crippen LogP contribution in [0, 0.1) is 0 Å². The molecule has 7 heteroatoms. The third kappa shape index (κ3) is 3.95. The van der Waals surface area contributed by atoms with Crippen LogP contribution in [0.5, 0.6) is 11.5 Å². The van der Waals surface area contributed by atoms with E-state index in [0.29, 0.717) is 24.6 Å². The first kappa shape index (κ1) is 19.0. The maximum Gasteiger partial charge on any atom is 0.226 e. The number of methoxy groups -OCH3 is 2.